The molecule has 7 heteroatoms. The number of nitrogens with zero attached hydrogens (tertiary/aromatic N) is 2. The molecule has 0 unspecified atom stereocenters. The average molecular weight is 374 g/mol. The van der Waals surface area contributed by atoms with E-state index in [9.17, 15) is 0 Å². The Balaban J connectivity index is 1.52. The molecule has 3 aromatic rings. The van der Waals surface area contributed by atoms with Crippen LogP contribution >= 0.6 is 23.2 Å². The maximum absolute atomic E-state index is 6.04. The van der Waals surface area contributed by atoms with Crippen molar-refractivity contribution in [1.29, 1.82) is 0 Å². The highest BCUT2D eigenvalue weighted by atomic mass is 35.5. The number of rotatable bonds is 4. The van der Waals surface area contributed by atoms with Crippen molar-refractivity contribution in [2.24, 2.45) is 0 Å². The number of fused-ring (bicyclic) bond motifs is 1. The van der Waals surface area contributed by atoms with Crippen LogP contribution < -0.4 is 14.8 Å². The molecule has 0 spiro atoms. The first kappa shape index (κ1) is 16.0. The number of nitrogens with one attached hydrogen (secondary N) is 1. The quantitative estimate of drug-likeness (QED) is 0.712. The molecule has 2 aromatic carbocycles. The van der Waals surface area contributed by atoms with E-state index in [-0.39, 0.29) is 6.79 Å². The van der Waals surface area contributed by atoms with Crippen LogP contribution in [0.2, 0.25) is 10.0 Å². The first-order valence-electron chi connectivity index (χ1n) is 7.60. The molecule has 126 valence electrons. The molecule has 1 aromatic heterocycles. The zero-order valence-electron chi connectivity index (χ0n) is 13.0. The first-order valence-corrected chi connectivity index (χ1v) is 8.35. The van der Waals surface area contributed by atoms with Gasteiger partial charge in [0.05, 0.1) is 10.0 Å². The minimum Gasteiger partial charge on any atom is -0.454 e. The number of aromatic nitrogens is 2. The zero-order valence-corrected chi connectivity index (χ0v) is 14.5. The van der Waals surface area contributed by atoms with Crippen LogP contribution in [0.5, 0.6) is 11.5 Å². The second-order valence-corrected chi connectivity index (χ2v) is 6.25. The van der Waals surface area contributed by atoms with Crippen LogP contribution in [-0.2, 0) is 6.54 Å². The fraction of sp³-hybridized carbons (Fsp3) is 0.111. The summed E-state index contributed by atoms with van der Waals surface area (Å²) in [6, 6.07) is 13.0. The molecule has 4 rings (SSSR count). The molecule has 0 saturated heterocycles. The lowest BCUT2D eigenvalue weighted by Crippen LogP contribution is -2.02. The lowest BCUT2D eigenvalue weighted by atomic mass is 10.2. The molecule has 1 aliphatic rings. The predicted octanol–water partition coefficient (Wildman–Crippen LogP) is 4.79. The van der Waals surface area contributed by atoms with Crippen molar-refractivity contribution < 1.29 is 9.47 Å². The van der Waals surface area contributed by atoms with Crippen LogP contribution in [0.4, 0.5) is 5.82 Å². The Bertz CT molecular complexity index is 934. The van der Waals surface area contributed by atoms with Gasteiger partial charge in [0, 0.05) is 18.3 Å². The van der Waals surface area contributed by atoms with Gasteiger partial charge >= 0.3 is 0 Å². The van der Waals surface area contributed by atoms with Crippen molar-refractivity contribution in [3.63, 3.8) is 0 Å². The molecule has 2 heterocycles. The summed E-state index contributed by atoms with van der Waals surface area (Å²) in [5.41, 5.74) is 1.88. The van der Waals surface area contributed by atoms with E-state index in [2.05, 4.69) is 15.3 Å². The molecule has 0 aliphatic carbocycles. The van der Waals surface area contributed by atoms with Crippen molar-refractivity contribution in [2.45, 2.75) is 6.54 Å². The molecule has 0 amide bonds. The molecule has 0 fully saturated rings. The minimum atomic E-state index is 0.241. The molecule has 5 nitrogen and oxygen atoms in total. The van der Waals surface area contributed by atoms with Gasteiger partial charge < -0.3 is 14.8 Å². The number of anilines is 1. The first-order chi connectivity index (χ1) is 12.2. The molecule has 0 bridgehead atoms. The smallest absolute Gasteiger partial charge is 0.231 e. The topological polar surface area (TPSA) is 56.3 Å². The summed E-state index contributed by atoms with van der Waals surface area (Å²) >= 11 is 12.0. The van der Waals surface area contributed by atoms with E-state index < -0.39 is 0 Å². The fourth-order valence-corrected chi connectivity index (χ4v) is 2.79. The van der Waals surface area contributed by atoms with Crippen LogP contribution in [0.25, 0.3) is 11.4 Å². The van der Waals surface area contributed by atoms with Gasteiger partial charge in [0.15, 0.2) is 17.3 Å². The summed E-state index contributed by atoms with van der Waals surface area (Å²) < 4.78 is 10.7. The van der Waals surface area contributed by atoms with Crippen LogP contribution in [0, 0.1) is 0 Å². The van der Waals surface area contributed by atoms with Gasteiger partial charge in [-0.2, -0.15) is 0 Å². The van der Waals surface area contributed by atoms with Gasteiger partial charge in [-0.15, -0.1) is 0 Å². The van der Waals surface area contributed by atoms with E-state index in [1.165, 1.54) is 0 Å². The van der Waals surface area contributed by atoms with Gasteiger partial charge in [-0.1, -0.05) is 29.3 Å². The maximum Gasteiger partial charge on any atom is 0.231 e. The molecule has 0 saturated carbocycles. The third-order valence-corrected chi connectivity index (χ3v) is 4.48. The molecule has 25 heavy (non-hydrogen) atoms. The summed E-state index contributed by atoms with van der Waals surface area (Å²) in [5.74, 6) is 2.76. The van der Waals surface area contributed by atoms with Crippen molar-refractivity contribution >= 4 is 29.0 Å². The third-order valence-electron chi connectivity index (χ3n) is 3.74. The molecule has 1 N–H and O–H groups in total. The van der Waals surface area contributed by atoms with Crippen molar-refractivity contribution in [2.75, 3.05) is 12.1 Å². The van der Waals surface area contributed by atoms with E-state index in [1.807, 2.05) is 36.4 Å². The van der Waals surface area contributed by atoms with Gasteiger partial charge in [0.25, 0.3) is 0 Å². The summed E-state index contributed by atoms with van der Waals surface area (Å²) in [4.78, 5) is 8.88. The summed E-state index contributed by atoms with van der Waals surface area (Å²) in [6.07, 6.45) is 1.71. The largest absolute Gasteiger partial charge is 0.454 e. The number of benzene rings is 2. The third kappa shape index (κ3) is 3.48. The molecular formula is C18H13Cl2N3O2. The van der Waals surface area contributed by atoms with Gasteiger partial charge in [0.1, 0.15) is 5.82 Å². The standard InChI is InChI=1S/C18H13Cl2N3O2/c19-13-3-1-11(7-14(13)20)9-22-17-5-6-21-18(23-17)12-2-4-15-16(8-12)25-10-24-15/h1-8H,9-10H2,(H,21,22,23). The van der Waals surface area contributed by atoms with E-state index in [0.29, 0.717) is 34.0 Å². The Hall–Kier alpha value is -2.50. The van der Waals surface area contributed by atoms with Gasteiger partial charge in [-0.05, 0) is 42.0 Å². The van der Waals surface area contributed by atoms with E-state index >= 15 is 0 Å². The normalized spacial score (nSPS) is 12.2. The van der Waals surface area contributed by atoms with E-state index in [1.54, 1.807) is 12.3 Å². The predicted molar refractivity (Wildman–Crippen MR) is 97.4 cm³/mol. The Morgan fingerprint density at radius 3 is 2.72 bits per heavy atom. The molecule has 0 atom stereocenters. The van der Waals surface area contributed by atoms with Crippen LogP contribution in [0.3, 0.4) is 0 Å². The highest BCUT2D eigenvalue weighted by Crippen LogP contribution is 2.35. The van der Waals surface area contributed by atoms with Crippen molar-refractivity contribution in [1.82, 2.24) is 9.97 Å². The van der Waals surface area contributed by atoms with Gasteiger partial charge in [-0.25, -0.2) is 9.97 Å². The highest BCUT2D eigenvalue weighted by molar-refractivity contribution is 6.42. The second-order valence-electron chi connectivity index (χ2n) is 5.44. The second kappa shape index (κ2) is 6.78. The number of ether oxygens (including phenoxy) is 2. The molecular weight excluding hydrogens is 361 g/mol. The average Bonchev–Trinajstić information content (AvgIpc) is 3.11. The fourth-order valence-electron chi connectivity index (χ4n) is 2.47. The Kier molecular flexibility index (Phi) is 4.34. The van der Waals surface area contributed by atoms with Crippen LogP contribution in [0.15, 0.2) is 48.7 Å². The van der Waals surface area contributed by atoms with E-state index in [0.717, 1.165) is 16.9 Å². The number of hydrogen-bond acceptors (Lipinski definition) is 5. The SMILES string of the molecule is Clc1ccc(CNc2ccnc(-c3ccc4c(c3)OCO4)n2)cc1Cl. The van der Waals surface area contributed by atoms with Crippen LogP contribution in [-0.4, -0.2) is 16.8 Å². The molecule has 0 radical (unpaired) electrons. The Morgan fingerprint density at radius 1 is 0.960 bits per heavy atom. The molecule has 1 aliphatic heterocycles. The van der Waals surface area contributed by atoms with Crippen molar-refractivity contribution in [3.05, 3.63) is 64.3 Å². The highest BCUT2D eigenvalue weighted by Gasteiger charge is 2.15. The summed E-state index contributed by atoms with van der Waals surface area (Å²) in [5, 5.41) is 4.33. The number of halogens is 2. The van der Waals surface area contributed by atoms with Crippen LogP contribution in [0.1, 0.15) is 5.56 Å². The Morgan fingerprint density at radius 2 is 1.84 bits per heavy atom. The lowest BCUT2D eigenvalue weighted by molar-refractivity contribution is 0.174. The van der Waals surface area contributed by atoms with Gasteiger partial charge in [0.2, 0.25) is 6.79 Å². The zero-order chi connectivity index (χ0) is 17.2. The minimum absolute atomic E-state index is 0.241. The van der Waals surface area contributed by atoms with Crippen molar-refractivity contribution in [3.8, 4) is 22.9 Å². The Labute approximate surface area is 154 Å². The lowest BCUT2D eigenvalue weighted by Gasteiger charge is -2.08. The van der Waals surface area contributed by atoms with Gasteiger partial charge in [-0.3, -0.25) is 0 Å². The monoisotopic (exact) mass is 373 g/mol. The summed E-state index contributed by atoms with van der Waals surface area (Å²) in [6.45, 7) is 0.819. The maximum atomic E-state index is 6.04. The number of hydrogen-bond donors (Lipinski definition) is 1. The summed E-state index contributed by atoms with van der Waals surface area (Å²) in [7, 11) is 0. The van der Waals surface area contributed by atoms with E-state index in [4.69, 9.17) is 32.7 Å².